The van der Waals surface area contributed by atoms with Gasteiger partial charge in [0.15, 0.2) is 0 Å². The van der Waals surface area contributed by atoms with Crippen LogP contribution in [0.1, 0.15) is 17.2 Å². The van der Waals surface area contributed by atoms with Crippen LogP contribution in [-0.4, -0.2) is 0 Å². The molecule has 1 nitrogen and oxygen atoms in total. The summed E-state index contributed by atoms with van der Waals surface area (Å²) in [5, 5.41) is 0. The molecule has 0 radical (unpaired) electrons. The first kappa shape index (κ1) is 14.6. The first-order valence-corrected chi connectivity index (χ1v) is 7.95. The standard InChI is InChI=1S/C11H6Br3F2NS/c12-5-1-2-6(15)8(9(5)16)10(17)4-3-7(13)18-11(4)14/h1-3,10H,17H2. The van der Waals surface area contributed by atoms with Crippen LogP contribution in [0.5, 0.6) is 0 Å². The number of hydrogen-bond donors (Lipinski definition) is 1. The number of rotatable bonds is 2. The van der Waals surface area contributed by atoms with Crippen molar-refractivity contribution in [2.45, 2.75) is 6.04 Å². The minimum absolute atomic E-state index is 0.143. The van der Waals surface area contributed by atoms with Crippen LogP contribution in [0.25, 0.3) is 0 Å². The van der Waals surface area contributed by atoms with Gasteiger partial charge in [-0.05, 0) is 71.6 Å². The molecule has 0 bridgehead atoms. The molecule has 0 aliphatic carbocycles. The highest BCUT2D eigenvalue weighted by atomic mass is 79.9. The van der Waals surface area contributed by atoms with E-state index in [0.717, 1.165) is 7.57 Å². The summed E-state index contributed by atoms with van der Waals surface area (Å²) >= 11 is 11.1. The summed E-state index contributed by atoms with van der Waals surface area (Å²) in [5.74, 6) is -1.32. The van der Waals surface area contributed by atoms with Crippen molar-refractivity contribution in [2.75, 3.05) is 0 Å². The molecule has 1 unspecified atom stereocenters. The number of hydrogen-bond acceptors (Lipinski definition) is 2. The molecule has 2 N–H and O–H groups in total. The Bertz CT molecular complexity index is 600. The molecule has 18 heavy (non-hydrogen) atoms. The number of benzene rings is 1. The molecule has 1 aromatic heterocycles. The Morgan fingerprint density at radius 1 is 1.17 bits per heavy atom. The maximum absolute atomic E-state index is 13.9. The zero-order chi connectivity index (χ0) is 13.4. The monoisotopic (exact) mass is 459 g/mol. The lowest BCUT2D eigenvalue weighted by Crippen LogP contribution is -2.15. The molecule has 0 saturated carbocycles. The van der Waals surface area contributed by atoms with Crippen molar-refractivity contribution in [2.24, 2.45) is 5.73 Å². The molecule has 2 aromatic rings. The Hall–Kier alpha value is 0.180. The summed E-state index contributed by atoms with van der Waals surface area (Å²) in [7, 11) is 0. The van der Waals surface area contributed by atoms with E-state index < -0.39 is 17.7 Å². The van der Waals surface area contributed by atoms with Crippen LogP contribution in [0.4, 0.5) is 8.78 Å². The second kappa shape index (κ2) is 5.66. The third-order valence-corrected chi connectivity index (χ3v) is 5.41. The summed E-state index contributed by atoms with van der Waals surface area (Å²) in [4.78, 5) is 0. The molecule has 2 rings (SSSR count). The van der Waals surface area contributed by atoms with Crippen LogP contribution in [0.15, 0.2) is 30.2 Å². The third-order valence-electron chi connectivity index (χ3n) is 2.41. The molecule has 0 aliphatic heterocycles. The minimum Gasteiger partial charge on any atom is -0.320 e. The van der Waals surface area contributed by atoms with E-state index in [1.807, 2.05) is 0 Å². The van der Waals surface area contributed by atoms with Crippen LogP contribution in [0, 0.1) is 11.6 Å². The average Bonchev–Trinajstić information content (AvgIpc) is 2.63. The molecule has 0 saturated heterocycles. The molecular formula is C11H6Br3F2NS. The van der Waals surface area contributed by atoms with Gasteiger partial charge in [-0.25, -0.2) is 8.78 Å². The first-order chi connectivity index (χ1) is 8.41. The van der Waals surface area contributed by atoms with Gasteiger partial charge in [-0.1, -0.05) is 0 Å². The molecule has 0 aliphatic rings. The molecule has 1 atom stereocenters. The smallest absolute Gasteiger partial charge is 0.145 e. The van der Waals surface area contributed by atoms with Crippen LogP contribution >= 0.6 is 59.1 Å². The highest BCUT2D eigenvalue weighted by Crippen LogP contribution is 2.38. The SMILES string of the molecule is NC(c1cc(Br)sc1Br)c1c(F)ccc(Br)c1F. The van der Waals surface area contributed by atoms with Crippen molar-refractivity contribution in [3.63, 3.8) is 0 Å². The van der Waals surface area contributed by atoms with Crippen LogP contribution in [0.2, 0.25) is 0 Å². The highest BCUT2D eigenvalue weighted by molar-refractivity contribution is 9.12. The zero-order valence-electron chi connectivity index (χ0n) is 8.68. The van der Waals surface area contributed by atoms with E-state index in [-0.39, 0.29) is 10.0 Å². The summed E-state index contributed by atoms with van der Waals surface area (Å²) in [5.41, 5.74) is 6.45. The summed E-state index contributed by atoms with van der Waals surface area (Å²) in [6, 6.07) is 3.40. The fraction of sp³-hybridized carbons (Fsp3) is 0.0909. The molecule has 1 aromatic carbocycles. The van der Waals surface area contributed by atoms with Gasteiger partial charge in [0.2, 0.25) is 0 Å². The van der Waals surface area contributed by atoms with Crippen LogP contribution < -0.4 is 5.73 Å². The molecule has 0 amide bonds. The van der Waals surface area contributed by atoms with Gasteiger partial charge in [0, 0.05) is 5.56 Å². The quantitative estimate of drug-likeness (QED) is 0.598. The van der Waals surface area contributed by atoms with Crippen molar-refractivity contribution in [3.05, 3.63) is 53.0 Å². The zero-order valence-corrected chi connectivity index (χ0v) is 14.3. The number of nitrogens with two attached hydrogens (primary N) is 1. The molecular weight excluding hydrogens is 456 g/mol. The Labute approximate surface area is 132 Å². The molecule has 96 valence electrons. The minimum atomic E-state index is -0.862. The van der Waals surface area contributed by atoms with Gasteiger partial charge < -0.3 is 5.73 Å². The van der Waals surface area contributed by atoms with Gasteiger partial charge in [0.05, 0.1) is 18.1 Å². The average molecular weight is 462 g/mol. The Kier molecular flexibility index (Phi) is 4.59. The molecule has 0 fully saturated rings. The van der Waals surface area contributed by atoms with Crippen molar-refractivity contribution in [1.82, 2.24) is 0 Å². The topological polar surface area (TPSA) is 26.0 Å². The summed E-state index contributed by atoms with van der Waals surface area (Å²) in [6.45, 7) is 0. The highest BCUT2D eigenvalue weighted by Gasteiger charge is 2.23. The maximum atomic E-state index is 13.9. The lowest BCUT2D eigenvalue weighted by atomic mass is 10.0. The van der Waals surface area contributed by atoms with Crippen molar-refractivity contribution >= 4 is 59.1 Å². The summed E-state index contributed by atoms with van der Waals surface area (Å²) < 4.78 is 29.5. The maximum Gasteiger partial charge on any atom is 0.145 e. The van der Waals surface area contributed by atoms with Gasteiger partial charge in [-0.3, -0.25) is 0 Å². The first-order valence-electron chi connectivity index (χ1n) is 4.75. The van der Waals surface area contributed by atoms with E-state index in [4.69, 9.17) is 5.73 Å². The Morgan fingerprint density at radius 3 is 2.39 bits per heavy atom. The second-order valence-electron chi connectivity index (χ2n) is 3.51. The van der Waals surface area contributed by atoms with Crippen molar-refractivity contribution in [3.8, 4) is 0 Å². The van der Waals surface area contributed by atoms with E-state index in [9.17, 15) is 8.78 Å². The second-order valence-corrected chi connectivity index (χ2v) is 8.12. The molecule has 0 spiro atoms. The van der Waals surface area contributed by atoms with Gasteiger partial charge in [0.1, 0.15) is 11.6 Å². The number of thiophene rings is 1. The van der Waals surface area contributed by atoms with E-state index in [2.05, 4.69) is 47.8 Å². The van der Waals surface area contributed by atoms with Gasteiger partial charge >= 0.3 is 0 Å². The molecule has 1 heterocycles. The lowest BCUT2D eigenvalue weighted by molar-refractivity contribution is 0.539. The Morgan fingerprint density at radius 2 is 1.83 bits per heavy atom. The van der Waals surface area contributed by atoms with Gasteiger partial charge in [-0.15, -0.1) is 11.3 Å². The predicted molar refractivity (Wildman–Crippen MR) is 79.8 cm³/mol. The summed E-state index contributed by atoms with van der Waals surface area (Å²) in [6.07, 6.45) is 0. The van der Waals surface area contributed by atoms with E-state index in [0.29, 0.717) is 5.56 Å². The fourth-order valence-electron chi connectivity index (χ4n) is 1.55. The largest absolute Gasteiger partial charge is 0.320 e. The molecule has 7 heteroatoms. The van der Waals surface area contributed by atoms with Crippen LogP contribution in [-0.2, 0) is 0 Å². The van der Waals surface area contributed by atoms with Crippen molar-refractivity contribution < 1.29 is 8.78 Å². The lowest BCUT2D eigenvalue weighted by Gasteiger charge is -2.14. The van der Waals surface area contributed by atoms with E-state index in [1.165, 1.54) is 23.5 Å². The fourth-order valence-corrected chi connectivity index (χ4v) is 4.82. The van der Waals surface area contributed by atoms with Gasteiger partial charge in [0.25, 0.3) is 0 Å². The van der Waals surface area contributed by atoms with E-state index in [1.54, 1.807) is 6.07 Å². The van der Waals surface area contributed by atoms with E-state index >= 15 is 0 Å². The third kappa shape index (κ3) is 2.70. The Balaban J connectivity index is 2.56. The van der Waals surface area contributed by atoms with Crippen molar-refractivity contribution in [1.29, 1.82) is 0 Å². The predicted octanol–water partition coefficient (Wildman–Crippen LogP) is 5.36. The number of halogens is 5. The van der Waals surface area contributed by atoms with Crippen LogP contribution in [0.3, 0.4) is 0 Å². The van der Waals surface area contributed by atoms with Gasteiger partial charge in [-0.2, -0.15) is 0 Å². The normalized spacial score (nSPS) is 12.8.